The predicted molar refractivity (Wildman–Crippen MR) is 123 cm³/mol. The van der Waals surface area contributed by atoms with Crippen molar-refractivity contribution in [1.29, 1.82) is 0 Å². The first-order chi connectivity index (χ1) is 15.8. The Morgan fingerprint density at radius 1 is 0.909 bits per heavy atom. The number of rotatable bonds is 13. The molecular weight excluding hydrogens is 427 g/mol. The Morgan fingerprint density at radius 2 is 1.58 bits per heavy atom. The third-order valence-electron chi connectivity index (χ3n) is 4.61. The number of hydrogen-bond donors (Lipinski definition) is 0. The van der Waals surface area contributed by atoms with Crippen LogP contribution >= 0.6 is 0 Å². The van der Waals surface area contributed by atoms with E-state index in [0.29, 0.717) is 29.7 Å². The van der Waals surface area contributed by atoms with Gasteiger partial charge in [-0.1, -0.05) is 37.4 Å². The number of aryl methyl sites for hydroxylation is 1. The van der Waals surface area contributed by atoms with Gasteiger partial charge in [-0.2, -0.15) is 0 Å². The van der Waals surface area contributed by atoms with Gasteiger partial charge in [0.15, 0.2) is 0 Å². The van der Waals surface area contributed by atoms with Crippen molar-refractivity contribution in [1.82, 2.24) is 0 Å². The Morgan fingerprint density at radius 3 is 2.21 bits per heavy atom. The number of benzene rings is 2. The predicted octanol–water partition coefficient (Wildman–Crippen LogP) is 4.67. The molecule has 2 rings (SSSR count). The summed E-state index contributed by atoms with van der Waals surface area (Å²) in [7, 11) is 1.47. The smallest absolute Gasteiger partial charge is 0.335 e. The molecule has 0 N–H and O–H groups in total. The van der Waals surface area contributed by atoms with Gasteiger partial charge in [0.25, 0.3) is 0 Å². The quantitative estimate of drug-likeness (QED) is 0.248. The van der Waals surface area contributed by atoms with E-state index in [1.807, 2.05) is 18.2 Å². The molecule has 0 radical (unpaired) electrons. The lowest BCUT2D eigenvalue weighted by molar-refractivity contribution is -0.140. The molecule has 0 saturated carbocycles. The van der Waals surface area contributed by atoms with E-state index in [-0.39, 0.29) is 37.8 Å². The molecule has 33 heavy (non-hydrogen) atoms. The molecule has 0 unspecified atom stereocenters. The lowest BCUT2D eigenvalue weighted by atomic mass is 10.0. The summed E-state index contributed by atoms with van der Waals surface area (Å²) in [5.74, 6) is -0.659. The van der Waals surface area contributed by atoms with Gasteiger partial charge < -0.3 is 18.9 Å². The van der Waals surface area contributed by atoms with Crippen LogP contribution in [0.4, 0.5) is 4.39 Å². The molecule has 0 saturated heterocycles. The zero-order chi connectivity index (χ0) is 24.2. The van der Waals surface area contributed by atoms with Crippen LogP contribution in [0, 0.1) is 5.82 Å². The summed E-state index contributed by atoms with van der Waals surface area (Å²) in [6.45, 7) is 9.31. The van der Waals surface area contributed by atoms with Gasteiger partial charge >= 0.3 is 11.9 Å². The van der Waals surface area contributed by atoms with E-state index in [0.717, 1.165) is 11.1 Å². The first-order valence-corrected chi connectivity index (χ1v) is 10.5. The summed E-state index contributed by atoms with van der Waals surface area (Å²) < 4.78 is 35.0. The van der Waals surface area contributed by atoms with Gasteiger partial charge in [-0.3, -0.25) is 0 Å². The first kappa shape index (κ1) is 25.8. The normalized spacial score (nSPS) is 10.4. The third kappa shape index (κ3) is 8.54. The average molecular weight is 457 g/mol. The fraction of sp³-hybridized carbons (Fsp3) is 0.308. The van der Waals surface area contributed by atoms with Crippen molar-refractivity contribution in [2.45, 2.75) is 19.8 Å². The van der Waals surface area contributed by atoms with Gasteiger partial charge in [-0.25, -0.2) is 14.0 Å². The molecule has 0 amide bonds. The fourth-order valence-electron chi connectivity index (χ4n) is 2.85. The molecule has 6 nitrogen and oxygen atoms in total. The second-order valence-corrected chi connectivity index (χ2v) is 7.37. The average Bonchev–Trinajstić information content (AvgIpc) is 2.80. The SMILES string of the molecule is C=C(C)C(=O)OCCOc1ccc(-c2ccc(CCCOC(=O)C(=C)COC)c(F)c2)cc1. The van der Waals surface area contributed by atoms with E-state index >= 15 is 0 Å². The van der Waals surface area contributed by atoms with Crippen LogP contribution in [0.1, 0.15) is 18.9 Å². The lowest BCUT2D eigenvalue weighted by Crippen LogP contribution is -2.12. The highest BCUT2D eigenvalue weighted by Gasteiger charge is 2.09. The minimum Gasteiger partial charge on any atom is -0.490 e. The Balaban J connectivity index is 1.82. The molecule has 0 bridgehead atoms. The van der Waals surface area contributed by atoms with Crippen molar-refractivity contribution >= 4 is 11.9 Å². The summed E-state index contributed by atoms with van der Waals surface area (Å²) in [5.41, 5.74) is 2.71. The maximum atomic E-state index is 14.5. The molecule has 0 atom stereocenters. The van der Waals surface area contributed by atoms with Crippen LogP contribution in [0.3, 0.4) is 0 Å². The minimum absolute atomic E-state index is 0.118. The Hall–Kier alpha value is -3.45. The third-order valence-corrected chi connectivity index (χ3v) is 4.61. The Bertz CT molecular complexity index is 981. The second kappa shape index (κ2) is 13.2. The number of carbonyl (C=O) groups excluding carboxylic acids is 2. The molecule has 2 aromatic rings. The van der Waals surface area contributed by atoms with E-state index in [2.05, 4.69) is 13.2 Å². The van der Waals surface area contributed by atoms with Crippen LogP contribution in [-0.2, 0) is 30.2 Å². The van der Waals surface area contributed by atoms with E-state index in [9.17, 15) is 14.0 Å². The topological polar surface area (TPSA) is 71.1 Å². The highest BCUT2D eigenvalue weighted by atomic mass is 19.1. The molecule has 0 aliphatic rings. The molecule has 0 fully saturated rings. The van der Waals surface area contributed by atoms with E-state index in [1.165, 1.54) is 13.2 Å². The largest absolute Gasteiger partial charge is 0.490 e. The summed E-state index contributed by atoms with van der Waals surface area (Å²) in [6.07, 6.45) is 0.939. The van der Waals surface area contributed by atoms with Gasteiger partial charge in [-0.15, -0.1) is 0 Å². The van der Waals surface area contributed by atoms with Gasteiger partial charge in [-0.05, 0) is 54.7 Å². The number of carbonyl (C=O) groups is 2. The number of hydrogen-bond acceptors (Lipinski definition) is 6. The van der Waals surface area contributed by atoms with Gasteiger partial charge in [0.05, 0.1) is 18.8 Å². The van der Waals surface area contributed by atoms with Crippen molar-refractivity contribution in [3.8, 4) is 16.9 Å². The maximum absolute atomic E-state index is 14.5. The summed E-state index contributed by atoms with van der Waals surface area (Å²) >= 11 is 0. The lowest BCUT2D eigenvalue weighted by Gasteiger charge is -2.10. The number of ether oxygens (including phenoxy) is 4. The summed E-state index contributed by atoms with van der Waals surface area (Å²) in [5, 5.41) is 0. The van der Waals surface area contributed by atoms with E-state index in [1.54, 1.807) is 25.1 Å². The highest BCUT2D eigenvalue weighted by Crippen LogP contribution is 2.25. The molecule has 176 valence electrons. The molecule has 0 aliphatic heterocycles. The minimum atomic E-state index is -0.507. The zero-order valence-electron chi connectivity index (χ0n) is 19.0. The van der Waals surface area contributed by atoms with Crippen LogP contribution < -0.4 is 4.74 Å². The van der Waals surface area contributed by atoms with Crippen LogP contribution in [-0.4, -0.2) is 45.5 Å². The van der Waals surface area contributed by atoms with Gasteiger partial charge in [0.1, 0.15) is 24.8 Å². The van der Waals surface area contributed by atoms with Crippen LogP contribution in [0.25, 0.3) is 11.1 Å². The standard InChI is InChI=1S/C26H29FO6/c1-18(2)25(28)33-15-14-31-23-11-9-20(10-12-23)22-8-7-21(24(27)16-22)6-5-13-32-26(29)19(3)17-30-4/h7-12,16H,1,3,5-6,13-15,17H2,2,4H3. The monoisotopic (exact) mass is 456 g/mol. The van der Waals surface area contributed by atoms with Crippen molar-refractivity contribution in [3.63, 3.8) is 0 Å². The molecule has 0 heterocycles. The molecule has 2 aromatic carbocycles. The van der Waals surface area contributed by atoms with Gasteiger partial charge in [0, 0.05) is 12.7 Å². The molecule has 7 heteroatoms. The van der Waals surface area contributed by atoms with Crippen molar-refractivity contribution < 1.29 is 32.9 Å². The van der Waals surface area contributed by atoms with Crippen LogP contribution in [0.15, 0.2) is 66.8 Å². The van der Waals surface area contributed by atoms with E-state index < -0.39 is 11.9 Å². The summed E-state index contributed by atoms with van der Waals surface area (Å²) in [4.78, 5) is 23.0. The zero-order valence-corrected chi connectivity index (χ0v) is 19.0. The van der Waals surface area contributed by atoms with Crippen LogP contribution in [0.5, 0.6) is 5.75 Å². The molecular formula is C26H29FO6. The molecule has 0 spiro atoms. The number of halogens is 1. The number of esters is 2. The molecule has 0 aliphatic carbocycles. The first-order valence-electron chi connectivity index (χ1n) is 10.5. The maximum Gasteiger partial charge on any atom is 0.335 e. The van der Waals surface area contributed by atoms with E-state index in [4.69, 9.17) is 18.9 Å². The van der Waals surface area contributed by atoms with Crippen molar-refractivity contribution in [2.75, 3.05) is 33.5 Å². The highest BCUT2D eigenvalue weighted by molar-refractivity contribution is 5.88. The molecule has 0 aromatic heterocycles. The summed E-state index contributed by atoms with van der Waals surface area (Å²) in [6, 6.07) is 12.3. The van der Waals surface area contributed by atoms with Crippen molar-refractivity contribution in [2.24, 2.45) is 0 Å². The van der Waals surface area contributed by atoms with Crippen molar-refractivity contribution in [3.05, 3.63) is 78.1 Å². The second-order valence-electron chi connectivity index (χ2n) is 7.37. The van der Waals surface area contributed by atoms with Gasteiger partial charge in [0.2, 0.25) is 0 Å². The Labute approximate surface area is 193 Å². The van der Waals surface area contributed by atoms with Crippen LogP contribution in [0.2, 0.25) is 0 Å². The fourth-order valence-corrected chi connectivity index (χ4v) is 2.85. The number of methoxy groups -OCH3 is 1. The Kier molecular flexibility index (Phi) is 10.3.